The Hall–Kier alpha value is -1.18. The predicted octanol–water partition coefficient (Wildman–Crippen LogP) is -1.97. The molecule has 0 bridgehead atoms. The summed E-state index contributed by atoms with van der Waals surface area (Å²) in [6.45, 7) is 0. The van der Waals surface area contributed by atoms with E-state index in [9.17, 15) is 10.2 Å². The number of rotatable bonds is 1. The maximum atomic E-state index is 9.59. The van der Waals surface area contributed by atoms with E-state index in [-0.39, 0.29) is 30.3 Å². The fourth-order valence-electron chi connectivity index (χ4n) is 2.07. The summed E-state index contributed by atoms with van der Waals surface area (Å²) in [4.78, 5) is 8.99. The SMILES string of the molecule is NC1=NC(O)N([C@H]2CC3C(O)[C@H]3O2)C=N1. The third kappa shape index (κ3) is 1.31. The third-order valence-corrected chi connectivity index (χ3v) is 3.01. The Bertz CT molecular complexity index is 333. The van der Waals surface area contributed by atoms with Crippen molar-refractivity contribution in [3.8, 4) is 0 Å². The number of guanidine groups is 1. The summed E-state index contributed by atoms with van der Waals surface area (Å²) in [5.74, 6) is 0.251. The van der Waals surface area contributed by atoms with Crippen LogP contribution in [0.3, 0.4) is 0 Å². The summed E-state index contributed by atoms with van der Waals surface area (Å²) in [5.41, 5.74) is 5.33. The highest BCUT2D eigenvalue weighted by Gasteiger charge is 2.58. The highest BCUT2D eigenvalue weighted by molar-refractivity contribution is 5.87. The van der Waals surface area contributed by atoms with Crippen LogP contribution in [-0.4, -0.2) is 52.2 Å². The van der Waals surface area contributed by atoms with E-state index >= 15 is 0 Å². The molecule has 1 saturated carbocycles. The van der Waals surface area contributed by atoms with Gasteiger partial charge in [-0.2, -0.15) is 4.99 Å². The van der Waals surface area contributed by atoms with Crippen LogP contribution in [0.1, 0.15) is 6.42 Å². The van der Waals surface area contributed by atoms with Crippen molar-refractivity contribution >= 4 is 12.3 Å². The molecule has 0 aromatic heterocycles. The lowest BCUT2D eigenvalue weighted by Gasteiger charge is -2.31. The molecule has 0 aromatic rings. The molecule has 2 aliphatic heterocycles. The van der Waals surface area contributed by atoms with Crippen molar-refractivity contribution in [3.63, 3.8) is 0 Å². The highest BCUT2D eigenvalue weighted by atomic mass is 16.5. The first-order valence-electron chi connectivity index (χ1n) is 4.83. The van der Waals surface area contributed by atoms with Crippen molar-refractivity contribution in [1.29, 1.82) is 0 Å². The molecule has 0 aromatic carbocycles. The molecule has 15 heavy (non-hydrogen) atoms. The van der Waals surface area contributed by atoms with Crippen molar-refractivity contribution in [2.24, 2.45) is 21.6 Å². The van der Waals surface area contributed by atoms with Gasteiger partial charge < -0.3 is 20.7 Å². The molecule has 4 N–H and O–H groups in total. The molecule has 5 atom stereocenters. The van der Waals surface area contributed by atoms with E-state index in [2.05, 4.69) is 9.98 Å². The highest BCUT2D eigenvalue weighted by Crippen LogP contribution is 2.46. The van der Waals surface area contributed by atoms with E-state index in [1.54, 1.807) is 0 Å². The molecule has 1 saturated heterocycles. The van der Waals surface area contributed by atoms with Gasteiger partial charge in [-0.05, 0) is 0 Å². The monoisotopic (exact) mass is 212 g/mol. The largest absolute Gasteiger partial charge is 0.390 e. The zero-order chi connectivity index (χ0) is 10.6. The average molecular weight is 212 g/mol. The first-order valence-corrected chi connectivity index (χ1v) is 4.83. The molecular formula is C8H12N4O3. The number of hydrogen-bond acceptors (Lipinski definition) is 7. The normalized spacial score (nSPS) is 47.7. The molecule has 3 unspecified atom stereocenters. The molecule has 0 radical (unpaired) electrons. The van der Waals surface area contributed by atoms with Crippen LogP contribution in [0, 0.1) is 5.92 Å². The van der Waals surface area contributed by atoms with Gasteiger partial charge in [0.25, 0.3) is 0 Å². The van der Waals surface area contributed by atoms with E-state index in [0.717, 1.165) is 0 Å². The van der Waals surface area contributed by atoms with E-state index in [1.807, 2.05) is 0 Å². The Kier molecular flexibility index (Phi) is 1.76. The Morgan fingerprint density at radius 1 is 1.53 bits per heavy atom. The van der Waals surface area contributed by atoms with Gasteiger partial charge in [-0.1, -0.05) is 0 Å². The molecule has 2 heterocycles. The topological polar surface area (TPSA) is 104 Å². The Labute approximate surface area is 85.9 Å². The van der Waals surface area contributed by atoms with Gasteiger partial charge in [0, 0.05) is 12.3 Å². The average Bonchev–Trinajstić information content (AvgIpc) is 2.63. The number of aliphatic hydroxyl groups excluding tert-OH is 2. The quantitative estimate of drug-likeness (QED) is 0.467. The van der Waals surface area contributed by atoms with Crippen LogP contribution in [-0.2, 0) is 4.74 Å². The van der Waals surface area contributed by atoms with Gasteiger partial charge in [-0.3, -0.25) is 4.90 Å². The van der Waals surface area contributed by atoms with E-state index < -0.39 is 6.35 Å². The number of nitrogens with two attached hydrogens (primary N) is 1. The number of aliphatic imine (C=N–C) groups is 2. The van der Waals surface area contributed by atoms with Gasteiger partial charge in [-0.25, -0.2) is 4.99 Å². The maximum absolute atomic E-state index is 9.59. The second kappa shape index (κ2) is 2.91. The van der Waals surface area contributed by atoms with Gasteiger partial charge in [-0.15, -0.1) is 0 Å². The maximum Gasteiger partial charge on any atom is 0.231 e. The van der Waals surface area contributed by atoms with Gasteiger partial charge in [0.15, 0.2) is 0 Å². The standard InChI is InChI=1S/C8H12N4O3/c9-7-10-2-12(8(14)11-7)4-1-3-5(13)6(3)15-4/h2-6,8,13-14H,1H2,(H2,9,11)/t3?,4-,5?,6+,8?/m1/s1. The summed E-state index contributed by atoms with van der Waals surface area (Å²) >= 11 is 0. The van der Waals surface area contributed by atoms with Crippen molar-refractivity contribution < 1.29 is 14.9 Å². The second-order valence-corrected chi connectivity index (χ2v) is 3.97. The molecule has 0 amide bonds. The summed E-state index contributed by atoms with van der Waals surface area (Å²) in [6, 6.07) is 0. The summed E-state index contributed by atoms with van der Waals surface area (Å²) in [6.07, 6.45) is 0.382. The lowest BCUT2D eigenvalue weighted by atomic mass is 10.2. The molecule has 7 heteroatoms. The fourth-order valence-corrected chi connectivity index (χ4v) is 2.07. The number of fused-ring (bicyclic) bond motifs is 1. The summed E-state index contributed by atoms with van der Waals surface area (Å²) < 4.78 is 5.51. The Morgan fingerprint density at radius 2 is 2.33 bits per heavy atom. The van der Waals surface area contributed by atoms with E-state index in [4.69, 9.17) is 10.5 Å². The molecule has 0 spiro atoms. The van der Waals surface area contributed by atoms with Gasteiger partial charge in [0.2, 0.25) is 12.3 Å². The number of hydrogen-bond donors (Lipinski definition) is 3. The lowest BCUT2D eigenvalue weighted by Crippen LogP contribution is -2.45. The molecule has 1 aliphatic carbocycles. The van der Waals surface area contributed by atoms with Gasteiger partial charge in [0.05, 0.1) is 12.2 Å². The van der Waals surface area contributed by atoms with Crippen LogP contribution in [0.5, 0.6) is 0 Å². The smallest absolute Gasteiger partial charge is 0.231 e. The zero-order valence-corrected chi connectivity index (χ0v) is 7.89. The van der Waals surface area contributed by atoms with Crippen molar-refractivity contribution in [3.05, 3.63) is 0 Å². The molecule has 82 valence electrons. The van der Waals surface area contributed by atoms with Crippen LogP contribution in [0.2, 0.25) is 0 Å². The first kappa shape index (κ1) is 9.08. The number of nitrogens with zero attached hydrogens (tertiary/aromatic N) is 3. The van der Waals surface area contributed by atoms with Gasteiger partial charge >= 0.3 is 0 Å². The second-order valence-electron chi connectivity index (χ2n) is 3.97. The van der Waals surface area contributed by atoms with Crippen molar-refractivity contribution in [1.82, 2.24) is 4.90 Å². The van der Waals surface area contributed by atoms with Crippen molar-refractivity contribution in [2.75, 3.05) is 0 Å². The van der Waals surface area contributed by atoms with Crippen LogP contribution >= 0.6 is 0 Å². The minimum Gasteiger partial charge on any atom is -0.390 e. The Morgan fingerprint density at radius 3 is 2.93 bits per heavy atom. The Balaban J connectivity index is 1.68. The molecular weight excluding hydrogens is 200 g/mol. The number of ether oxygens (including phenoxy) is 1. The first-order chi connectivity index (χ1) is 7.16. The molecule has 3 aliphatic rings. The summed E-state index contributed by atoms with van der Waals surface area (Å²) in [5, 5.41) is 18.9. The minimum absolute atomic E-state index is 0.0574. The molecule has 2 fully saturated rings. The van der Waals surface area contributed by atoms with Crippen LogP contribution in [0.25, 0.3) is 0 Å². The van der Waals surface area contributed by atoms with Crippen molar-refractivity contribution in [2.45, 2.75) is 31.2 Å². The lowest BCUT2D eigenvalue weighted by molar-refractivity contribution is -0.0881. The molecule has 7 nitrogen and oxygen atoms in total. The zero-order valence-electron chi connectivity index (χ0n) is 7.89. The van der Waals surface area contributed by atoms with Crippen LogP contribution < -0.4 is 5.73 Å². The number of aliphatic hydroxyl groups is 2. The molecule has 3 rings (SSSR count). The fraction of sp³-hybridized carbons (Fsp3) is 0.750. The minimum atomic E-state index is -1.04. The predicted molar refractivity (Wildman–Crippen MR) is 50.7 cm³/mol. The van der Waals surface area contributed by atoms with Gasteiger partial charge in [0.1, 0.15) is 12.6 Å². The van der Waals surface area contributed by atoms with E-state index in [1.165, 1.54) is 11.2 Å². The summed E-state index contributed by atoms with van der Waals surface area (Å²) in [7, 11) is 0. The van der Waals surface area contributed by atoms with Crippen LogP contribution in [0.4, 0.5) is 0 Å². The van der Waals surface area contributed by atoms with Crippen LogP contribution in [0.15, 0.2) is 9.98 Å². The third-order valence-electron chi connectivity index (χ3n) is 3.01. The van der Waals surface area contributed by atoms with E-state index in [0.29, 0.717) is 6.42 Å².